The molecule has 0 spiro atoms. The number of phenolic OH excluding ortho intramolecular Hbond substituents is 1. The molecule has 18 nitrogen and oxygen atoms in total. The number of hydrogen-bond acceptors (Lipinski definition) is 17. The van der Waals surface area contributed by atoms with Crippen LogP contribution in [-0.2, 0) is 43.8 Å². The number of nitrogens with two attached hydrogens (primary N) is 1. The second-order valence-corrected chi connectivity index (χ2v) is 20.7. The molecule has 8 aliphatic rings. The standard InChI is InChI=1S/C26H32F2O7.C22H24N2O9.ClH/c1-13(29)33-12-20(32)26-21(34-22(2,3)35-26)10-15-16-9-18(27)17-8-14(30)6-7-23(17,4)25(16,28)19(31)11-24(15,26)5;1-21(32)7-5-4-6-8(25)9(7)15(26)10-12(21)17(28)13-14(24(2)3)16(27)11(20(23)31)19(30)22(13,33)18(10)29;/h6-8,15-16,18-19,21,31H,9-12H2,1-5H3;4-6,12-14,17,25,27-29,32-33H,1-3H3,(H2,23,31);1H/t15-,16-,18-,19-,21+,23-,24-,25-,26+;;/m0../s1. The van der Waals surface area contributed by atoms with E-state index in [9.17, 15) is 64.5 Å². The van der Waals surface area contributed by atoms with Gasteiger partial charge in [-0.3, -0.25) is 33.7 Å². The molecule has 9 N–H and O–H groups in total. The summed E-state index contributed by atoms with van der Waals surface area (Å²) in [5.41, 5.74) is -8.34. The zero-order chi connectivity index (χ0) is 50.5. The van der Waals surface area contributed by atoms with Crippen LogP contribution in [0.2, 0.25) is 0 Å². The number of ketones is 4. The second-order valence-electron chi connectivity index (χ2n) is 20.7. The number of primary amides is 1. The van der Waals surface area contributed by atoms with Gasteiger partial charge in [0.05, 0.1) is 52.9 Å². The van der Waals surface area contributed by atoms with Gasteiger partial charge in [-0.05, 0) is 96.3 Å². The fourth-order valence-corrected chi connectivity index (χ4v) is 13.7. The molecule has 21 heteroatoms. The Hall–Kier alpha value is -4.93. The summed E-state index contributed by atoms with van der Waals surface area (Å²) >= 11 is 0. The van der Waals surface area contributed by atoms with Crippen LogP contribution in [0.25, 0.3) is 0 Å². The van der Waals surface area contributed by atoms with Crippen molar-refractivity contribution in [2.75, 3.05) is 20.7 Å². The van der Waals surface area contributed by atoms with E-state index in [4.69, 9.17) is 19.9 Å². The van der Waals surface area contributed by atoms with Crippen molar-refractivity contribution >= 4 is 47.4 Å². The highest BCUT2D eigenvalue weighted by atomic mass is 35.5. The first-order chi connectivity index (χ1) is 31.3. The van der Waals surface area contributed by atoms with Gasteiger partial charge < -0.3 is 55.7 Å². The lowest BCUT2D eigenvalue weighted by molar-refractivity contribution is -0.249. The molecular formula is C48H57ClF2N2O16. The van der Waals surface area contributed by atoms with Gasteiger partial charge in [-0.2, -0.15) is 0 Å². The number of fused-ring (bicyclic) bond motifs is 10. The summed E-state index contributed by atoms with van der Waals surface area (Å²) in [6.45, 7) is 8.53. The fraction of sp³-hybridized carbons (Fsp3) is 0.583. The number of Topliss-reactive ketones (excluding diaryl/α,β-unsaturated/α-hetero) is 3. The number of aliphatic hydroxyl groups is 6. The van der Waals surface area contributed by atoms with Crippen LogP contribution in [0.3, 0.4) is 0 Å². The Kier molecular flexibility index (Phi) is 12.3. The molecule has 1 aromatic rings. The molecule has 3 saturated carbocycles. The lowest BCUT2D eigenvalue weighted by Gasteiger charge is -2.63. The molecule has 7 aliphatic carbocycles. The van der Waals surface area contributed by atoms with Crippen LogP contribution >= 0.6 is 12.4 Å². The highest BCUT2D eigenvalue weighted by Crippen LogP contribution is 2.72. The van der Waals surface area contributed by atoms with Crippen LogP contribution in [0, 0.1) is 34.5 Å². The van der Waals surface area contributed by atoms with Gasteiger partial charge in [0, 0.05) is 23.7 Å². The molecule has 0 aromatic heterocycles. The van der Waals surface area contributed by atoms with Crippen LogP contribution in [0.4, 0.5) is 8.78 Å². The minimum Gasteiger partial charge on any atom is -0.510 e. The summed E-state index contributed by atoms with van der Waals surface area (Å²) < 4.78 is 50.3. The number of amides is 1. The largest absolute Gasteiger partial charge is 0.510 e. The molecule has 1 aliphatic heterocycles. The van der Waals surface area contributed by atoms with Crippen molar-refractivity contribution in [3.63, 3.8) is 0 Å². The summed E-state index contributed by atoms with van der Waals surface area (Å²) in [5, 5.41) is 77.9. The third-order valence-electron chi connectivity index (χ3n) is 16.5. The first kappa shape index (κ1) is 51.9. The number of hydrogen-bond donors (Lipinski definition) is 8. The average Bonchev–Trinajstić information content (AvgIpc) is 3.65. The molecule has 376 valence electrons. The Morgan fingerprint density at radius 1 is 0.986 bits per heavy atom. The first-order valence-corrected chi connectivity index (χ1v) is 22.2. The number of carbonyl (C=O) groups is 6. The molecule has 1 aromatic carbocycles. The van der Waals surface area contributed by atoms with Crippen molar-refractivity contribution in [3.05, 3.63) is 75.8 Å². The smallest absolute Gasteiger partial charge is 0.303 e. The molecule has 69 heavy (non-hydrogen) atoms. The van der Waals surface area contributed by atoms with E-state index >= 15 is 8.78 Å². The Bertz CT molecular complexity index is 2610. The topological polar surface area (TPSA) is 301 Å². The van der Waals surface area contributed by atoms with Gasteiger partial charge >= 0.3 is 5.97 Å². The zero-order valence-corrected chi connectivity index (χ0v) is 39.8. The molecule has 4 fully saturated rings. The molecule has 9 rings (SSSR count). The summed E-state index contributed by atoms with van der Waals surface area (Å²) in [6, 6.07) is 2.54. The van der Waals surface area contributed by atoms with Crippen molar-refractivity contribution in [1.29, 1.82) is 0 Å². The minimum atomic E-state index is -3.02. The number of phenols is 1. The molecule has 0 bridgehead atoms. The van der Waals surface area contributed by atoms with E-state index < -0.39 is 163 Å². The Balaban J connectivity index is 0.000000201. The van der Waals surface area contributed by atoms with Crippen LogP contribution < -0.4 is 5.73 Å². The van der Waals surface area contributed by atoms with Crippen LogP contribution in [0.1, 0.15) is 76.7 Å². The van der Waals surface area contributed by atoms with E-state index in [1.54, 1.807) is 20.8 Å². The van der Waals surface area contributed by atoms with Crippen molar-refractivity contribution in [2.24, 2.45) is 40.2 Å². The SMILES string of the molecule is CC(=O)OCC(=O)[C@@]12OC(C)(C)O[C@@H]1C[C@H]1[C@@H]3C[C@H](F)C4=CC(=O)C=C[C@]4(C)[C@@]3(F)[C@@H](O)C[C@@]12C.CN(C)C1C(O)=C(C(N)=O)C(=O)C2(O)C(O)=C3C(=O)c4c(O)cccc4C(C)(O)C3C(O)C12.Cl. The summed E-state index contributed by atoms with van der Waals surface area (Å²) in [5.74, 6) is -13.9. The predicted molar refractivity (Wildman–Crippen MR) is 237 cm³/mol. The summed E-state index contributed by atoms with van der Waals surface area (Å²) in [6.07, 6.45) is -2.22. The van der Waals surface area contributed by atoms with Gasteiger partial charge in [0.2, 0.25) is 11.6 Å². The highest BCUT2D eigenvalue weighted by molar-refractivity contribution is 6.25. The van der Waals surface area contributed by atoms with Crippen LogP contribution in [-0.4, -0.2) is 150 Å². The molecule has 1 heterocycles. The molecule has 1 saturated heterocycles. The van der Waals surface area contributed by atoms with Crippen molar-refractivity contribution in [1.82, 2.24) is 4.90 Å². The van der Waals surface area contributed by atoms with Gasteiger partial charge in [0.15, 0.2) is 40.8 Å². The fourth-order valence-electron chi connectivity index (χ4n) is 13.7. The number of allylic oxidation sites excluding steroid dienone is 4. The van der Waals surface area contributed by atoms with Crippen molar-refractivity contribution < 1.29 is 87.5 Å². The van der Waals surface area contributed by atoms with E-state index in [1.165, 1.54) is 70.1 Å². The number of aliphatic hydroxyl groups excluding tert-OH is 4. The monoisotopic (exact) mass is 990 g/mol. The Morgan fingerprint density at radius 3 is 2.22 bits per heavy atom. The van der Waals surface area contributed by atoms with Gasteiger partial charge in [0.25, 0.3) is 5.91 Å². The number of halogens is 3. The van der Waals surface area contributed by atoms with E-state index in [0.29, 0.717) is 0 Å². The lowest BCUT2D eigenvalue weighted by Crippen LogP contribution is -2.71. The molecule has 6 unspecified atom stereocenters. The lowest BCUT2D eigenvalue weighted by atomic mass is 9.44. The number of benzene rings is 1. The predicted octanol–water partition coefficient (Wildman–Crippen LogP) is 2.12. The number of rotatable bonds is 5. The van der Waals surface area contributed by atoms with E-state index in [0.717, 1.165) is 6.08 Å². The average molecular weight is 991 g/mol. The maximum atomic E-state index is 17.3. The van der Waals surface area contributed by atoms with Gasteiger partial charge in [-0.25, -0.2) is 8.78 Å². The van der Waals surface area contributed by atoms with Crippen molar-refractivity contribution in [2.45, 2.75) is 120 Å². The number of ether oxygens (including phenoxy) is 3. The minimum absolute atomic E-state index is 0. The summed E-state index contributed by atoms with van der Waals surface area (Å²) in [7, 11) is 2.85. The molecular weight excluding hydrogens is 934 g/mol. The third-order valence-corrected chi connectivity index (χ3v) is 16.5. The second kappa shape index (κ2) is 16.3. The third kappa shape index (κ3) is 6.65. The Morgan fingerprint density at radius 2 is 1.62 bits per heavy atom. The van der Waals surface area contributed by atoms with E-state index in [-0.39, 0.29) is 48.4 Å². The quantitative estimate of drug-likeness (QED) is 0.155. The van der Waals surface area contributed by atoms with Crippen LogP contribution in [0.5, 0.6) is 5.75 Å². The molecule has 0 radical (unpaired) electrons. The normalized spacial score (nSPS) is 42.3. The van der Waals surface area contributed by atoms with Crippen molar-refractivity contribution in [3.8, 4) is 5.75 Å². The number of carbonyl (C=O) groups excluding carboxylic acids is 6. The highest BCUT2D eigenvalue weighted by Gasteiger charge is 2.81. The zero-order valence-electron chi connectivity index (χ0n) is 39.0. The maximum absolute atomic E-state index is 17.3. The number of alkyl halides is 2. The number of likely N-dealkylation sites (N-methyl/N-ethyl adjacent to an activating group) is 1. The first-order valence-electron chi connectivity index (χ1n) is 22.2. The number of nitrogens with zero attached hydrogens (tertiary/aromatic N) is 1. The van der Waals surface area contributed by atoms with Gasteiger partial charge in [-0.1, -0.05) is 25.1 Å². The number of esters is 1. The molecule has 1 amide bonds. The van der Waals surface area contributed by atoms with Gasteiger partial charge in [0.1, 0.15) is 29.0 Å². The van der Waals surface area contributed by atoms with Crippen LogP contribution in [0.15, 0.2) is 64.7 Å². The Labute approximate surface area is 400 Å². The summed E-state index contributed by atoms with van der Waals surface area (Å²) in [4.78, 5) is 76.9. The van der Waals surface area contributed by atoms with E-state index in [1.807, 2.05) is 0 Å². The van der Waals surface area contributed by atoms with E-state index in [2.05, 4.69) is 0 Å². The maximum Gasteiger partial charge on any atom is 0.303 e. The molecule has 15 atom stereocenters. The van der Waals surface area contributed by atoms with Gasteiger partial charge in [-0.15, -0.1) is 12.4 Å². The number of aromatic hydroxyl groups is 1.